The molecule has 0 unspecified atom stereocenters. The maximum Gasteiger partial charge on any atom is 0.335 e. The number of anilines is 1. The number of aryl methyl sites for hydroxylation is 2. The van der Waals surface area contributed by atoms with Crippen LogP contribution in [-0.2, 0) is 9.59 Å². The number of halogens is 1. The Hall–Kier alpha value is -3.12. The quantitative estimate of drug-likeness (QED) is 0.623. The summed E-state index contributed by atoms with van der Waals surface area (Å²) in [6.07, 6.45) is 1.39. The summed E-state index contributed by atoms with van der Waals surface area (Å²) in [6, 6.07) is 9.48. The summed E-state index contributed by atoms with van der Waals surface area (Å²) < 4.78 is 5.54. The molecule has 0 radical (unpaired) electrons. The van der Waals surface area contributed by atoms with Crippen LogP contribution < -0.4 is 15.0 Å². The first-order chi connectivity index (χ1) is 13.3. The number of hydrogen-bond donors (Lipinski definition) is 1. The van der Waals surface area contributed by atoms with Gasteiger partial charge in [-0.15, -0.1) is 0 Å². The molecule has 28 heavy (non-hydrogen) atoms. The van der Waals surface area contributed by atoms with Gasteiger partial charge in [-0.3, -0.25) is 14.9 Å². The summed E-state index contributed by atoms with van der Waals surface area (Å²) >= 11 is 6.06. The SMILES string of the molecule is CCOc1ccc(Cl)cc1/C=C1\C(=O)NC(=O)N(c2cc(C)cc(C)c2)C1=O. The van der Waals surface area contributed by atoms with E-state index < -0.39 is 17.8 Å². The van der Waals surface area contributed by atoms with Crippen molar-refractivity contribution >= 4 is 41.2 Å². The van der Waals surface area contributed by atoms with Crippen LogP contribution in [0.2, 0.25) is 5.02 Å². The van der Waals surface area contributed by atoms with E-state index in [4.69, 9.17) is 16.3 Å². The molecule has 0 aliphatic carbocycles. The van der Waals surface area contributed by atoms with Crippen molar-refractivity contribution in [1.29, 1.82) is 0 Å². The number of hydrogen-bond acceptors (Lipinski definition) is 4. The highest BCUT2D eigenvalue weighted by Crippen LogP contribution is 2.28. The van der Waals surface area contributed by atoms with Crippen molar-refractivity contribution in [2.24, 2.45) is 0 Å². The van der Waals surface area contributed by atoms with E-state index in [1.165, 1.54) is 6.08 Å². The number of rotatable bonds is 4. The Balaban J connectivity index is 2.08. The first kappa shape index (κ1) is 19.6. The smallest absolute Gasteiger partial charge is 0.335 e. The molecule has 0 saturated carbocycles. The predicted octanol–water partition coefficient (Wildman–Crippen LogP) is 4.02. The molecular formula is C21H19ClN2O4. The van der Waals surface area contributed by atoms with E-state index >= 15 is 0 Å². The molecule has 0 spiro atoms. The minimum atomic E-state index is -0.784. The summed E-state index contributed by atoms with van der Waals surface area (Å²) in [4.78, 5) is 38.7. The van der Waals surface area contributed by atoms with Crippen molar-refractivity contribution < 1.29 is 19.1 Å². The van der Waals surface area contributed by atoms with Crippen LogP contribution in [0.1, 0.15) is 23.6 Å². The van der Waals surface area contributed by atoms with Gasteiger partial charge in [0.25, 0.3) is 11.8 Å². The van der Waals surface area contributed by atoms with Gasteiger partial charge in [0.05, 0.1) is 12.3 Å². The van der Waals surface area contributed by atoms with Gasteiger partial charge in [-0.05, 0) is 68.3 Å². The van der Waals surface area contributed by atoms with Gasteiger partial charge in [0, 0.05) is 10.6 Å². The zero-order valence-corrected chi connectivity index (χ0v) is 16.5. The Morgan fingerprint density at radius 1 is 1.07 bits per heavy atom. The van der Waals surface area contributed by atoms with Gasteiger partial charge in [-0.2, -0.15) is 0 Å². The van der Waals surface area contributed by atoms with Crippen LogP contribution in [0.4, 0.5) is 10.5 Å². The molecule has 144 valence electrons. The van der Waals surface area contributed by atoms with E-state index in [0.717, 1.165) is 16.0 Å². The van der Waals surface area contributed by atoms with Gasteiger partial charge < -0.3 is 4.74 Å². The van der Waals surface area contributed by atoms with Crippen LogP contribution in [-0.4, -0.2) is 24.5 Å². The van der Waals surface area contributed by atoms with Gasteiger partial charge in [-0.1, -0.05) is 17.7 Å². The molecule has 6 nitrogen and oxygen atoms in total. The topological polar surface area (TPSA) is 75.7 Å². The number of ether oxygens (including phenoxy) is 1. The molecule has 7 heteroatoms. The second-order valence-electron chi connectivity index (χ2n) is 6.42. The highest BCUT2D eigenvalue weighted by molar-refractivity contribution is 6.39. The number of barbiturate groups is 1. The number of nitrogens with one attached hydrogen (secondary N) is 1. The lowest BCUT2D eigenvalue weighted by atomic mass is 10.0. The molecule has 1 N–H and O–H groups in total. The van der Waals surface area contributed by atoms with Gasteiger partial charge >= 0.3 is 6.03 Å². The second-order valence-corrected chi connectivity index (χ2v) is 6.86. The minimum absolute atomic E-state index is 0.179. The summed E-state index contributed by atoms with van der Waals surface area (Å²) in [5, 5.41) is 2.65. The molecule has 4 amide bonds. The highest BCUT2D eigenvalue weighted by Gasteiger charge is 2.37. The minimum Gasteiger partial charge on any atom is -0.493 e. The average molecular weight is 399 g/mol. The number of urea groups is 1. The number of benzene rings is 2. The molecule has 1 aliphatic heterocycles. The Bertz CT molecular complexity index is 993. The fourth-order valence-electron chi connectivity index (χ4n) is 3.05. The van der Waals surface area contributed by atoms with E-state index in [0.29, 0.717) is 28.6 Å². The first-order valence-corrected chi connectivity index (χ1v) is 9.10. The molecule has 1 saturated heterocycles. The molecule has 0 bridgehead atoms. The number of imide groups is 2. The number of carbonyl (C=O) groups is 3. The van der Waals surface area contributed by atoms with E-state index in [2.05, 4.69) is 5.32 Å². The highest BCUT2D eigenvalue weighted by atomic mass is 35.5. The zero-order chi connectivity index (χ0) is 20.4. The fourth-order valence-corrected chi connectivity index (χ4v) is 3.23. The summed E-state index contributed by atoms with van der Waals surface area (Å²) in [5.74, 6) is -0.992. The van der Waals surface area contributed by atoms with E-state index in [1.54, 1.807) is 30.3 Å². The molecule has 0 aromatic heterocycles. The van der Waals surface area contributed by atoms with E-state index in [1.807, 2.05) is 26.8 Å². The van der Waals surface area contributed by atoms with Crippen LogP contribution in [0.3, 0.4) is 0 Å². The lowest BCUT2D eigenvalue weighted by molar-refractivity contribution is -0.122. The molecule has 1 heterocycles. The maximum atomic E-state index is 13.0. The first-order valence-electron chi connectivity index (χ1n) is 8.72. The fraction of sp³-hybridized carbons (Fsp3) is 0.190. The molecule has 3 rings (SSSR count). The van der Waals surface area contributed by atoms with Crippen molar-refractivity contribution in [3.8, 4) is 5.75 Å². The zero-order valence-electron chi connectivity index (χ0n) is 15.7. The maximum absolute atomic E-state index is 13.0. The Morgan fingerprint density at radius 2 is 1.75 bits per heavy atom. The lowest BCUT2D eigenvalue weighted by Crippen LogP contribution is -2.54. The number of amides is 4. The average Bonchev–Trinajstić information content (AvgIpc) is 2.60. The van der Waals surface area contributed by atoms with E-state index in [-0.39, 0.29) is 5.57 Å². The van der Waals surface area contributed by atoms with Gasteiger partial charge in [0.15, 0.2) is 0 Å². The largest absolute Gasteiger partial charge is 0.493 e. The third-order valence-corrected chi connectivity index (χ3v) is 4.37. The van der Waals surface area contributed by atoms with Gasteiger partial charge in [0.2, 0.25) is 0 Å². The molecule has 2 aromatic carbocycles. The normalized spacial score (nSPS) is 15.8. The Kier molecular flexibility index (Phi) is 5.51. The second kappa shape index (κ2) is 7.86. The van der Waals surface area contributed by atoms with Crippen molar-refractivity contribution in [3.05, 3.63) is 63.7 Å². The van der Waals surface area contributed by atoms with Crippen molar-refractivity contribution in [2.45, 2.75) is 20.8 Å². The van der Waals surface area contributed by atoms with Crippen molar-refractivity contribution in [1.82, 2.24) is 5.32 Å². The van der Waals surface area contributed by atoms with Crippen molar-refractivity contribution in [3.63, 3.8) is 0 Å². The van der Waals surface area contributed by atoms with Crippen LogP contribution in [0.25, 0.3) is 6.08 Å². The molecular weight excluding hydrogens is 380 g/mol. The van der Waals surface area contributed by atoms with Crippen LogP contribution in [0, 0.1) is 13.8 Å². The summed E-state index contributed by atoms with van der Waals surface area (Å²) in [7, 11) is 0. The van der Waals surface area contributed by atoms with Crippen LogP contribution in [0.5, 0.6) is 5.75 Å². The monoisotopic (exact) mass is 398 g/mol. The number of nitrogens with zero attached hydrogens (tertiary/aromatic N) is 1. The lowest BCUT2D eigenvalue weighted by Gasteiger charge is -2.27. The Labute approximate surface area is 167 Å². The summed E-state index contributed by atoms with van der Waals surface area (Å²) in [5.41, 5.74) is 2.48. The molecule has 1 fully saturated rings. The van der Waals surface area contributed by atoms with Gasteiger partial charge in [-0.25, -0.2) is 9.69 Å². The molecule has 0 atom stereocenters. The summed E-state index contributed by atoms with van der Waals surface area (Å²) in [6.45, 7) is 5.96. The molecule has 1 aliphatic rings. The van der Waals surface area contributed by atoms with Crippen LogP contribution in [0.15, 0.2) is 42.0 Å². The molecule has 2 aromatic rings. The van der Waals surface area contributed by atoms with Gasteiger partial charge in [0.1, 0.15) is 11.3 Å². The van der Waals surface area contributed by atoms with E-state index in [9.17, 15) is 14.4 Å². The van der Waals surface area contributed by atoms with Crippen molar-refractivity contribution in [2.75, 3.05) is 11.5 Å². The predicted molar refractivity (Wildman–Crippen MR) is 108 cm³/mol. The Morgan fingerprint density at radius 3 is 2.39 bits per heavy atom. The third kappa shape index (κ3) is 3.92. The van der Waals surface area contributed by atoms with Crippen LogP contribution >= 0.6 is 11.6 Å². The standard InChI is InChI=1S/C21H19ClN2O4/c1-4-28-18-6-5-15(22)10-14(18)11-17-19(25)23-21(27)24(20(17)26)16-8-12(2)7-13(3)9-16/h5-11H,4H2,1-3H3,(H,23,25,27)/b17-11+. The third-order valence-electron chi connectivity index (χ3n) is 4.14. The number of carbonyl (C=O) groups excluding carboxylic acids is 3.